The maximum Gasteiger partial charge on any atom is 0.244 e. The first-order valence-corrected chi connectivity index (χ1v) is 12.8. The first-order chi connectivity index (χ1) is 16.1. The van der Waals surface area contributed by atoms with Gasteiger partial charge in [0.1, 0.15) is 12.6 Å². The average Bonchev–Trinajstić information content (AvgIpc) is 3.29. The van der Waals surface area contributed by atoms with Crippen LogP contribution in [0.25, 0.3) is 0 Å². The van der Waals surface area contributed by atoms with Crippen molar-refractivity contribution in [1.29, 1.82) is 0 Å². The van der Waals surface area contributed by atoms with Crippen molar-refractivity contribution in [2.75, 3.05) is 30.4 Å². The van der Waals surface area contributed by atoms with Gasteiger partial charge in [0.25, 0.3) is 0 Å². The summed E-state index contributed by atoms with van der Waals surface area (Å²) in [4.78, 5) is 27.2. The SMILES string of the molecule is CCS(=O)(=O)N(CC(=O)N(Cc1c(Cl)cccc1Cl)[C@@H](C)C(=O)NC)c1ccc2c(c1)OCO2. The molecule has 1 atom stereocenters. The zero-order valence-electron chi connectivity index (χ0n) is 18.9. The van der Waals surface area contributed by atoms with Crippen LogP contribution in [0.4, 0.5) is 5.69 Å². The second-order valence-corrected chi connectivity index (χ2v) is 10.5. The van der Waals surface area contributed by atoms with Gasteiger partial charge < -0.3 is 19.7 Å². The van der Waals surface area contributed by atoms with E-state index in [1.54, 1.807) is 31.2 Å². The van der Waals surface area contributed by atoms with Gasteiger partial charge in [-0.2, -0.15) is 0 Å². The highest BCUT2D eigenvalue weighted by molar-refractivity contribution is 7.92. The van der Waals surface area contributed by atoms with Gasteiger partial charge in [0.2, 0.25) is 28.6 Å². The molecule has 2 aromatic rings. The smallest absolute Gasteiger partial charge is 0.244 e. The number of likely N-dealkylation sites (N-methyl/N-ethyl adjacent to an activating group) is 1. The number of hydrogen-bond donors (Lipinski definition) is 1. The molecule has 0 aliphatic carbocycles. The van der Waals surface area contributed by atoms with E-state index < -0.39 is 34.4 Å². The van der Waals surface area contributed by atoms with Gasteiger partial charge in [0.05, 0.1) is 11.4 Å². The van der Waals surface area contributed by atoms with E-state index in [0.717, 1.165) is 4.31 Å². The Kier molecular flexibility index (Phi) is 8.17. The van der Waals surface area contributed by atoms with Crippen LogP contribution in [-0.2, 0) is 26.2 Å². The molecule has 3 rings (SSSR count). The maximum atomic E-state index is 13.5. The molecule has 0 spiro atoms. The fraction of sp³-hybridized carbons (Fsp3) is 0.364. The van der Waals surface area contributed by atoms with E-state index in [4.69, 9.17) is 32.7 Å². The fourth-order valence-corrected chi connectivity index (χ4v) is 4.98. The second-order valence-electron chi connectivity index (χ2n) is 7.46. The molecule has 0 aromatic heterocycles. The highest BCUT2D eigenvalue weighted by Gasteiger charge is 2.32. The lowest BCUT2D eigenvalue weighted by Gasteiger charge is -2.32. The number of rotatable bonds is 9. The number of sulfonamides is 1. The van der Waals surface area contributed by atoms with Crippen molar-refractivity contribution in [3.05, 3.63) is 52.0 Å². The van der Waals surface area contributed by atoms with Crippen LogP contribution >= 0.6 is 23.2 Å². The predicted molar refractivity (Wildman–Crippen MR) is 130 cm³/mol. The first kappa shape index (κ1) is 25.9. The average molecular weight is 530 g/mol. The molecule has 2 aromatic carbocycles. The van der Waals surface area contributed by atoms with E-state index in [2.05, 4.69) is 5.32 Å². The molecular formula is C22H25Cl2N3O6S. The summed E-state index contributed by atoms with van der Waals surface area (Å²) in [7, 11) is -2.41. The monoisotopic (exact) mass is 529 g/mol. The van der Waals surface area contributed by atoms with Crippen LogP contribution in [0.15, 0.2) is 36.4 Å². The zero-order valence-corrected chi connectivity index (χ0v) is 21.2. The molecule has 1 N–H and O–H groups in total. The third-order valence-corrected chi connectivity index (χ3v) is 7.88. The van der Waals surface area contributed by atoms with Crippen LogP contribution < -0.4 is 19.1 Å². The normalized spacial score (nSPS) is 13.3. The maximum absolute atomic E-state index is 13.5. The second kappa shape index (κ2) is 10.7. The quantitative estimate of drug-likeness (QED) is 0.535. The van der Waals surface area contributed by atoms with Crippen molar-refractivity contribution in [3.63, 3.8) is 0 Å². The largest absolute Gasteiger partial charge is 0.454 e. The number of nitrogens with one attached hydrogen (secondary N) is 1. The molecule has 0 fully saturated rings. The highest BCUT2D eigenvalue weighted by Crippen LogP contribution is 2.36. The number of amides is 2. The Labute approximate surface area is 208 Å². The molecule has 0 radical (unpaired) electrons. The number of halogens is 2. The number of nitrogens with zero attached hydrogens (tertiary/aromatic N) is 2. The molecule has 1 aliphatic rings. The number of hydrogen-bond acceptors (Lipinski definition) is 6. The third kappa shape index (κ3) is 5.51. The van der Waals surface area contributed by atoms with Gasteiger partial charge in [-0.05, 0) is 38.1 Å². The summed E-state index contributed by atoms with van der Waals surface area (Å²) >= 11 is 12.6. The van der Waals surface area contributed by atoms with Crippen molar-refractivity contribution in [2.24, 2.45) is 0 Å². The number of carbonyl (C=O) groups excluding carboxylic acids is 2. The highest BCUT2D eigenvalue weighted by atomic mass is 35.5. The molecule has 34 heavy (non-hydrogen) atoms. The number of carbonyl (C=O) groups is 2. The molecular weight excluding hydrogens is 505 g/mol. The van der Waals surface area contributed by atoms with Crippen LogP contribution in [0.2, 0.25) is 10.0 Å². The van der Waals surface area contributed by atoms with Crippen LogP contribution in [0.5, 0.6) is 11.5 Å². The first-order valence-electron chi connectivity index (χ1n) is 10.4. The lowest BCUT2D eigenvalue weighted by molar-refractivity contribution is -0.139. The minimum atomic E-state index is -3.86. The Hall–Kier alpha value is -2.69. The Morgan fingerprint density at radius 1 is 1.12 bits per heavy atom. The fourth-order valence-electron chi connectivity index (χ4n) is 3.41. The number of benzene rings is 2. The lowest BCUT2D eigenvalue weighted by Crippen LogP contribution is -2.51. The lowest BCUT2D eigenvalue weighted by atomic mass is 10.1. The van der Waals surface area contributed by atoms with Gasteiger partial charge in [-0.25, -0.2) is 8.42 Å². The molecule has 0 saturated heterocycles. The molecule has 1 aliphatic heterocycles. The Morgan fingerprint density at radius 2 is 1.76 bits per heavy atom. The molecule has 0 saturated carbocycles. The summed E-state index contributed by atoms with van der Waals surface area (Å²) in [6.07, 6.45) is 0. The minimum absolute atomic E-state index is 0.0221. The summed E-state index contributed by atoms with van der Waals surface area (Å²) in [6.45, 7) is 2.41. The van der Waals surface area contributed by atoms with E-state index in [0.29, 0.717) is 27.1 Å². The number of ether oxygens (including phenoxy) is 2. The van der Waals surface area contributed by atoms with Crippen molar-refractivity contribution in [1.82, 2.24) is 10.2 Å². The molecule has 0 bridgehead atoms. The minimum Gasteiger partial charge on any atom is -0.454 e. The Morgan fingerprint density at radius 3 is 2.38 bits per heavy atom. The van der Waals surface area contributed by atoms with E-state index in [9.17, 15) is 18.0 Å². The van der Waals surface area contributed by atoms with Crippen LogP contribution in [-0.4, -0.2) is 57.3 Å². The van der Waals surface area contributed by atoms with Gasteiger partial charge in [-0.15, -0.1) is 0 Å². The molecule has 184 valence electrons. The third-order valence-electron chi connectivity index (χ3n) is 5.43. The van der Waals surface area contributed by atoms with E-state index in [1.165, 1.54) is 31.0 Å². The summed E-state index contributed by atoms with van der Waals surface area (Å²) in [5, 5.41) is 3.15. The summed E-state index contributed by atoms with van der Waals surface area (Å²) in [6, 6.07) is 8.60. The van der Waals surface area contributed by atoms with Crippen LogP contribution in [0.3, 0.4) is 0 Å². The summed E-state index contributed by atoms with van der Waals surface area (Å²) < 4.78 is 37.5. The van der Waals surface area contributed by atoms with Crippen molar-refractivity contribution in [3.8, 4) is 11.5 Å². The molecule has 0 unspecified atom stereocenters. The standard InChI is InChI=1S/C22H25Cl2N3O6S/c1-4-34(30,31)27(15-8-9-19-20(10-15)33-13-32-19)12-21(28)26(14(2)22(29)25-3)11-16-17(23)6-5-7-18(16)24/h5-10,14H,4,11-13H2,1-3H3,(H,25,29)/t14-/m0/s1. The number of anilines is 1. The molecule has 12 heteroatoms. The summed E-state index contributed by atoms with van der Waals surface area (Å²) in [5.74, 6) is -0.422. The van der Waals surface area contributed by atoms with Gasteiger partial charge in [0, 0.05) is 35.3 Å². The van der Waals surface area contributed by atoms with Crippen molar-refractivity contribution in [2.45, 2.75) is 26.4 Å². The van der Waals surface area contributed by atoms with Crippen molar-refractivity contribution >= 4 is 50.7 Å². The molecule has 1 heterocycles. The van der Waals surface area contributed by atoms with E-state index in [-0.39, 0.29) is 24.8 Å². The van der Waals surface area contributed by atoms with Gasteiger partial charge >= 0.3 is 0 Å². The van der Waals surface area contributed by atoms with Crippen LogP contribution in [0, 0.1) is 0 Å². The van der Waals surface area contributed by atoms with Gasteiger partial charge in [-0.3, -0.25) is 13.9 Å². The predicted octanol–water partition coefficient (Wildman–Crippen LogP) is 3.04. The number of fused-ring (bicyclic) bond motifs is 1. The van der Waals surface area contributed by atoms with Gasteiger partial charge in [0.15, 0.2) is 11.5 Å². The molecule has 2 amide bonds. The van der Waals surface area contributed by atoms with E-state index >= 15 is 0 Å². The topological polar surface area (TPSA) is 105 Å². The van der Waals surface area contributed by atoms with E-state index in [1.807, 2.05) is 0 Å². The Bertz CT molecular complexity index is 1170. The van der Waals surface area contributed by atoms with Crippen LogP contribution in [0.1, 0.15) is 19.4 Å². The zero-order chi connectivity index (χ0) is 25.0. The van der Waals surface area contributed by atoms with Crippen molar-refractivity contribution < 1.29 is 27.5 Å². The molecule has 9 nitrogen and oxygen atoms in total. The van der Waals surface area contributed by atoms with Gasteiger partial charge in [-0.1, -0.05) is 29.3 Å². The Balaban J connectivity index is 1.98. The summed E-state index contributed by atoms with van der Waals surface area (Å²) in [5.41, 5.74) is 0.686.